The molecule has 0 amide bonds. The average molecular weight is 363 g/mol. The van der Waals surface area contributed by atoms with E-state index in [1.54, 1.807) is 0 Å². The van der Waals surface area contributed by atoms with Crippen LogP contribution < -0.4 is 9.47 Å². The van der Waals surface area contributed by atoms with E-state index in [1.807, 2.05) is 27.7 Å². The van der Waals surface area contributed by atoms with Crippen molar-refractivity contribution < 1.29 is 9.47 Å². The van der Waals surface area contributed by atoms with Crippen molar-refractivity contribution in [1.29, 1.82) is 0 Å². The van der Waals surface area contributed by atoms with Crippen LogP contribution in [-0.2, 0) is 0 Å². The Morgan fingerprint density at radius 1 is 0.864 bits per heavy atom. The van der Waals surface area contributed by atoms with Crippen LogP contribution in [0.5, 0.6) is 11.5 Å². The predicted molar refractivity (Wildman–Crippen MR) is 95.8 cm³/mol. The molecule has 2 rings (SSSR count). The first-order valence-corrected chi connectivity index (χ1v) is 8.40. The first kappa shape index (κ1) is 16.9. The molecule has 2 aromatic rings. The molecule has 0 atom stereocenters. The Balaban J connectivity index is 2.56. The molecule has 22 heavy (non-hydrogen) atoms. The van der Waals surface area contributed by atoms with E-state index >= 15 is 0 Å². The van der Waals surface area contributed by atoms with E-state index in [0.717, 1.165) is 21.5 Å². The summed E-state index contributed by atoms with van der Waals surface area (Å²) in [7, 11) is 0. The molecule has 0 N–H and O–H groups in total. The maximum absolute atomic E-state index is 5.94. The van der Waals surface area contributed by atoms with Crippen LogP contribution in [0.1, 0.15) is 33.3 Å². The van der Waals surface area contributed by atoms with Gasteiger partial charge < -0.3 is 9.47 Å². The maximum Gasteiger partial charge on any atom is 0.138 e. The summed E-state index contributed by atoms with van der Waals surface area (Å²) in [5, 5.41) is 0. The minimum absolute atomic E-state index is 0.107. The summed E-state index contributed by atoms with van der Waals surface area (Å²) >= 11 is 3.61. The van der Waals surface area contributed by atoms with Gasteiger partial charge in [0.05, 0.1) is 12.2 Å². The van der Waals surface area contributed by atoms with Gasteiger partial charge in [0, 0.05) is 0 Å². The molecule has 0 aliphatic carbocycles. The van der Waals surface area contributed by atoms with Crippen molar-refractivity contribution in [1.82, 2.24) is 0 Å². The second kappa shape index (κ2) is 7.19. The molecule has 0 bridgehead atoms. The van der Waals surface area contributed by atoms with Gasteiger partial charge in [-0.05, 0) is 79.4 Å². The number of rotatable bonds is 5. The van der Waals surface area contributed by atoms with Crippen LogP contribution in [0.25, 0.3) is 11.1 Å². The molecule has 0 aliphatic heterocycles. The lowest BCUT2D eigenvalue weighted by atomic mass is 10.00. The van der Waals surface area contributed by atoms with Gasteiger partial charge in [-0.2, -0.15) is 0 Å². The molecule has 0 saturated carbocycles. The fourth-order valence-corrected chi connectivity index (χ4v) is 2.72. The lowest BCUT2D eigenvalue weighted by molar-refractivity contribution is 0.226. The Kier molecular flexibility index (Phi) is 5.52. The van der Waals surface area contributed by atoms with E-state index in [1.165, 1.54) is 11.1 Å². The number of aryl methyl sites for hydroxylation is 1. The molecule has 0 fully saturated rings. The van der Waals surface area contributed by atoms with Crippen molar-refractivity contribution in [3.63, 3.8) is 0 Å². The van der Waals surface area contributed by atoms with Crippen molar-refractivity contribution in [2.45, 2.75) is 46.8 Å². The number of benzene rings is 2. The topological polar surface area (TPSA) is 18.5 Å². The van der Waals surface area contributed by atoms with Gasteiger partial charge in [-0.1, -0.05) is 24.3 Å². The van der Waals surface area contributed by atoms with E-state index < -0.39 is 0 Å². The van der Waals surface area contributed by atoms with Crippen LogP contribution in [-0.4, -0.2) is 12.2 Å². The van der Waals surface area contributed by atoms with Gasteiger partial charge in [0.1, 0.15) is 16.0 Å². The number of hydrogen-bond acceptors (Lipinski definition) is 2. The predicted octanol–water partition coefficient (Wildman–Crippen LogP) is 6.00. The Labute approximate surface area is 141 Å². The summed E-state index contributed by atoms with van der Waals surface area (Å²) in [5.74, 6) is 1.62. The van der Waals surface area contributed by atoms with E-state index in [9.17, 15) is 0 Å². The molecule has 0 aliphatic rings. The molecule has 0 heterocycles. The summed E-state index contributed by atoms with van der Waals surface area (Å²) in [5.41, 5.74) is 3.53. The van der Waals surface area contributed by atoms with Crippen molar-refractivity contribution >= 4 is 15.9 Å². The van der Waals surface area contributed by atoms with Crippen molar-refractivity contribution in [2.75, 3.05) is 0 Å². The highest BCUT2D eigenvalue weighted by Crippen LogP contribution is 2.40. The second-order valence-corrected chi connectivity index (χ2v) is 6.73. The van der Waals surface area contributed by atoms with Crippen LogP contribution in [0, 0.1) is 6.92 Å². The highest BCUT2D eigenvalue weighted by Gasteiger charge is 2.15. The third-order valence-electron chi connectivity index (χ3n) is 3.19. The zero-order valence-electron chi connectivity index (χ0n) is 13.8. The first-order valence-electron chi connectivity index (χ1n) is 7.61. The molecular weight excluding hydrogens is 340 g/mol. The normalized spacial score (nSPS) is 11.1. The standard InChI is InChI=1S/C19H23BrO2/c1-12(2)21-17-10-15(16-9-7-6-8-14(16)5)11-18(19(17)20)22-13(3)4/h6-13H,1-5H3. The van der Waals surface area contributed by atoms with Crippen molar-refractivity contribution in [3.8, 4) is 22.6 Å². The Morgan fingerprint density at radius 3 is 1.82 bits per heavy atom. The molecule has 0 radical (unpaired) electrons. The molecule has 0 spiro atoms. The minimum Gasteiger partial charge on any atom is -0.490 e. The molecule has 2 nitrogen and oxygen atoms in total. The van der Waals surface area contributed by atoms with Crippen molar-refractivity contribution in [2.24, 2.45) is 0 Å². The highest BCUT2D eigenvalue weighted by molar-refractivity contribution is 9.10. The molecule has 3 heteroatoms. The molecule has 118 valence electrons. The zero-order chi connectivity index (χ0) is 16.3. The summed E-state index contributed by atoms with van der Waals surface area (Å²) < 4.78 is 12.8. The Hall–Kier alpha value is -1.48. The molecule has 0 unspecified atom stereocenters. The van der Waals surface area contributed by atoms with Gasteiger partial charge in [-0.15, -0.1) is 0 Å². The molecule has 2 aromatic carbocycles. The van der Waals surface area contributed by atoms with Crippen LogP contribution >= 0.6 is 15.9 Å². The first-order chi connectivity index (χ1) is 10.4. The van der Waals surface area contributed by atoms with Crippen LogP contribution in [0.2, 0.25) is 0 Å². The van der Waals surface area contributed by atoms with Crippen LogP contribution in [0.4, 0.5) is 0 Å². The van der Waals surface area contributed by atoms with E-state index in [4.69, 9.17) is 9.47 Å². The number of halogens is 1. The lowest BCUT2D eigenvalue weighted by Crippen LogP contribution is -2.09. The van der Waals surface area contributed by atoms with Gasteiger partial charge in [0.2, 0.25) is 0 Å². The second-order valence-electron chi connectivity index (χ2n) is 5.93. The zero-order valence-corrected chi connectivity index (χ0v) is 15.4. The summed E-state index contributed by atoms with van der Waals surface area (Å²) in [6, 6.07) is 12.5. The van der Waals surface area contributed by atoms with Gasteiger partial charge in [-0.25, -0.2) is 0 Å². The Morgan fingerprint density at radius 2 is 1.36 bits per heavy atom. The molecule has 0 aromatic heterocycles. The number of hydrogen-bond donors (Lipinski definition) is 0. The van der Waals surface area contributed by atoms with Crippen LogP contribution in [0.15, 0.2) is 40.9 Å². The maximum atomic E-state index is 5.94. The quantitative estimate of drug-likeness (QED) is 0.649. The van der Waals surface area contributed by atoms with Gasteiger partial charge in [-0.3, -0.25) is 0 Å². The third kappa shape index (κ3) is 4.04. The Bertz CT molecular complexity index is 617. The van der Waals surface area contributed by atoms with Crippen molar-refractivity contribution in [3.05, 3.63) is 46.4 Å². The van der Waals surface area contributed by atoms with Gasteiger partial charge >= 0.3 is 0 Å². The average Bonchev–Trinajstić information content (AvgIpc) is 2.42. The SMILES string of the molecule is Cc1ccccc1-c1cc(OC(C)C)c(Br)c(OC(C)C)c1. The minimum atomic E-state index is 0.107. The molecular formula is C19H23BrO2. The third-order valence-corrected chi connectivity index (χ3v) is 3.97. The van der Waals surface area contributed by atoms with Crippen LogP contribution in [0.3, 0.4) is 0 Å². The summed E-state index contributed by atoms with van der Waals surface area (Å²) in [4.78, 5) is 0. The number of ether oxygens (including phenoxy) is 2. The van der Waals surface area contributed by atoms with E-state index in [-0.39, 0.29) is 12.2 Å². The van der Waals surface area contributed by atoms with Gasteiger partial charge in [0.15, 0.2) is 0 Å². The fraction of sp³-hybridized carbons (Fsp3) is 0.368. The highest BCUT2D eigenvalue weighted by atomic mass is 79.9. The summed E-state index contributed by atoms with van der Waals surface area (Å²) in [6.07, 6.45) is 0.214. The largest absolute Gasteiger partial charge is 0.490 e. The monoisotopic (exact) mass is 362 g/mol. The molecule has 0 saturated heterocycles. The summed E-state index contributed by atoms with van der Waals surface area (Å²) in [6.45, 7) is 10.2. The lowest BCUT2D eigenvalue weighted by Gasteiger charge is -2.19. The fourth-order valence-electron chi connectivity index (χ4n) is 2.30. The van der Waals surface area contributed by atoms with E-state index in [2.05, 4.69) is 59.3 Å². The smallest absolute Gasteiger partial charge is 0.138 e. The van der Waals surface area contributed by atoms with E-state index in [0.29, 0.717) is 0 Å². The van der Waals surface area contributed by atoms with Gasteiger partial charge in [0.25, 0.3) is 0 Å².